The number of rotatable bonds is 9. The maximum atomic E-state index is 12.3. The van der Waals surface area contributed by atoms with E-state index < -0.39 is 28.5 Å². The first kappa shape index (κ1) is 26.6. The summed E-state index contributed by atoms with van der Waals surface area (Å²) in [5, 5.41) is 7.14. The lowest BCUT2D eigenvalue weighted by atomic mass is 10.2. The molecule has 2 heterocycles. The number of nitrogens with one attached hydrogen (secondary N) is 1. The molecule has 11 heteroatoms. The summed E-state index contributed by atoms with van der Waals surface area (Å²) in [6, 6.07) is 18.9. The van der Waals surface area contributed by atoms with Crippen molar-refractivity contribution in [2.24, 2.45) is 0 Å². The molecule has 0 aliphatic heterocycles. The molecule has 196 valence electrons. The number of aryl methyl sites for hydroxylation is 1. The van der Waals surface area contributed by atoms with Crippen molar-refractivity contribution in [1.82, 2.24) is 14.1 Å². The Morgan fingerprint density at radius 3 is 2.53 bits per heavy atom. The Balaban J connectivity index is 1.42. The average molecular weight is 535 g/mol. The summed E-state index contributed by atoms with van der Waals surface area (Å²) in [5.41, 5.74) is 2.24. The highest BCUT2D eigenvalue weighted by Crippen LogP contribution is 2.26. The second kappa shape index (κ2) is 11.3. The molecule has 0 saturated heterocycles. The van der Waals surface area contributed by atoms with Gasteiger partial charge in [0.15, 0.2) is 12.4 Å². The van der Waals surface area contributed by atoms with Gasteiger partial charge in [-0.05, 0) is 55.5 Å². The summed E-state index contributed by atoms with van der Waals surface area (Å²) in [5.74, 6) is -0.0875. The summed E-state index contributed by atoms with van der Waals surface area (Å²) in [6.45, 7) is 1.27. The fourth-order valence-corrected chi connectivity index (χ4v) is 4.41. The number of furan rings is 1. The molecule has 0 bridgehead atoms. The molecule has 4 aromatic rings. The van der Waals surface area contributed by atoms with Crippen LogP contribution >= 0.6 is 0 Å². The van der Waals surface area contributed by atoms with Crippen molar-refractivity contribution < 1.29 is 27.2 Å². The number of anilines is 1. The Kier molecular flexibility index (Phi) is 7.89. The Bertz CT molecular complexity index is 1590. The molecule has 0 saturated carbocycles. The summed E-state index contributed by atoms with van der Waals surface area (Å²) in [4.78, 5) is 24.7. The lowest BCUT2D eigenvalue weighted by Crippen LogP contribution is -2.23. The molecule has 2 aromatic carbocycles. The van der Waals surface area contributed by atoms with Gasteiger partial charge in [0.2, 0.25) is 10.0 Å². The molecule has 0 spiro atoms. The van der Waals surface area contributed by atoms with E-state index in [0.717, 1.165) is 15.8 Å². The molecule has 1 N–H and O–H groups in total. The van der Waals surface area contributed by atoms with Gasteiger partial charge in [-0.25, -0.2) is 22.2 Å². The quantitative estimate of drug-likeness (QED) is 0.255. The number of esters is 1. The van der Waals surface area contributed by atoms with Gasteiger partial charge in [-0.1, -0.05) is 24.3 Å². The van der Waals surface area contributed by atoms with Crippen LogP contribution < -0.4 is 5.32 Å². The number of hydrogen-bond donors (Lipinski definition) is 1. The van der Waals surface area contributed by atoms with E-state index in [2.05, 4.69) is 10.4 Å². The van der Waals surface area contributed by atoms with Crippen molar-refractivity contribution in [2.75, 3.05) is 26.0 Å². The van der Waals surface area contributed by atoms with Gasteiger partial charge in [-0.15, -0.1) is 0 Å². The minimum Gasteiger partial charge on any atom is -0.460 e. The van der Waals surface area contributed by atoms with Crippen molar-refractivity contribution in [3.05, 3.63) is 90.3 Å². The first-order chi connectivity index (χ1) is 18.1. The summed E-state index contributed by atoms with van der Waals surface area (Å²) >= 11 is 0. The Labute approximate surface area is 220 Å². The minimum absolute atomic E-state index is 0.0267. The third-order valence-corrected chi connectivity index (χ3v) is 7.19. The highest BCUT2D eigenvalue weighted by Gasteiger charge is 2.18. The number of carbonyl (C=O) groups excluding carboxylic acids is 2. The van der Waals surface area contributed by atoms with Gasteiger partial charge in [0.1, 0.15) is 11.5 Å². The predicted molar refractivity (Wildman–Crippen MR) is 142 cm³/mol. The van der Waals surface area contributed by atoms with Gasteiger partial charge in [-0.2, -0.15) is 5.10 Å². The molecule has 0 aliphatic carbocycles. The molecule has 0 radical (unpaired) electrons. The molecule has 0 unspecified atom stereocenters. The smallest absolute Gasteiger partial charge is 0.331 e. The average Bonchev–Trinajstić information content (AvgIpc) is 3.53. The van der Waals surface area contributed by atoms with E-state index in [0.29, 0.717) is 17.0 Å². The van der Waals surface area contributed by atoms with Crippen molar-refractivity contribution in [3.8, 4) is 17.1 Å². The van der Waals surface area contributed by atoms with Gasteiger partial charge in [-0.3, -0.25) is 4.79 Å². The van der Waals surface area contributed by atoms with E-state index >= 15 is 0 Å². The number of ether oxygens (including phenoxy) is 1. The molecular weight excluding hydrogens is 508 g/mol. The minimum atomic E-state index is -3.66. The Hall–Kier alpha value is -4.48. The maximum Gasteiger partial charge on any atom is 0.331 e. The van der Waals surface area contributed by atoms with Crippen molar-refractivity contribution in [2.45, 2.75) is 11.8 Å². The van der Waals surface area contributed by atoms with Crippen LogP contribution in [0.25, 0.3) is 23.2 Å². The van der Waals surface area contributed by atoms with Crippen molar-refractivity contribution in [3.63, 3.8) is 0 Å². The van der Waals surface area contributed by atoms with Crippen LogP contribution in [0.1, 0.15) is 11.3 Å². The van der Waals surface area contributed by atoms with E-state index in [4.69, 9.17) is 9.15 Å². The van der Waals surface area contributed by atoms with Crippen LogP contribution in [0.4, 0.5) is 5.69 Å². The Morgan fingerprint density at radius 2 is 1.84 bits per heavy atom. The second-order valence-electron chi connectivity index (χ2n) is 8.43. The largest absolute Gasteiger partial charge is 0.460 e. The molecule has 0 atom stereocenters. The van der Waals surface area contributed by atoms with Gasteiger partial charge in [0.25, 0.3) is 5.91 Å². The zero-order valence-electron chi connectivity index (χ0n) is 21.0. The van der Waals surface area contributed by atoms with Crippen LogP contribution in [-0.2, 0) is 24.3 Å². The van der Waals surface area contributed by atoms with Crippen LogP contribution in [-0.4, -0.2) is 55.1 Å². The summed E-state index contributed by atoms with van der Waals surface area (Å²) in [6.07, 6.45) is 4.49. The van der Waals surface area contributed by atoms with E-state index in [1.54, 1.807) is 16.9 Å². The zero-order chi connectivity index (χ0) is 27.3. The molecule has 1 amide bonds. The van der Waals surface area contributed by atoms with Crippen molar-refractivity contribution in [1.29, 1.82) is 0 Å². The number of nitrogens with zero attached hydrogens (tertiary/aromatic N) is 3. The predicted octanol–water partition coefficient (Wildman–Crippen LogP) is 3.89. The van der Waals surface area contributed by atoms with Crippen LogP contribution in [0.2, 0.25) is 0 Å². The topological polar surface area (TPSA) is 124 Å². The number of sulfonamides is 1. The molecule has 4 rings (SSSR count). The highest BCUT2D eigenvalue weighted by atomic mass is 32.2. The first-order valence-corrected chi connectivity index (χ1v) is 13.0. The fraction of sp³-hybridized carbons (Fsp3) is 0.148. The maximum absolute atomic E-state index is 12.3. The standard InChI is InChI=1S/C27H26N4O6S/c1-19-12-14-24(37-19)27-20(17-31(29-27)22-9-5-4-6-10-22)13-15-26(33)36-18-25(32)28-21-8-7-11-23(16-21)38(34,35)30(2)3/h4-17H,18H2,1-3H3,(H,28,32). The van der Waals surface area contributed by atoms with E-state index in [9.17, 15) is 18.0 Å². The monoisotopic (exact) mass is 534 g/mol. The van der Waals surface area contributed by atoms with Crippen LogP contribution in [0, 0.1) is 6.92 Å². The zero-order valence-corrected chi connectivity index (χ0v) is 21.8. The van der Waals surface area contributed by atoms with Crippen molar-refractivity contribution >= 4 is 33.7 Å². The third kappa shape index (κ3) is 6.25. The van der Waals surface area contributed by atoms with Gasteiger partial charge in [0.05, 0.1) is 10.6 Å². The Morgan fingerprint density at radius 1 is 1.08 bits per heavy atom. The number of para-hydroxylation sites is 1. The third-order valence-electron chi connectivity index (χ3n) is 5.38. The van der Waals surface area contributed by atoms with Crippen LogP contribution in [0.15, 0.2) is 88.3 Å². The summed E-state index contributed by atoms with van der Waals surface area (Å²) in [7, 11) is -0.828. The molecule has 0 fully saturated rings. The number of hydrogen-bond acceptors (Lipinski definition) is 7. The fourth-order valence-electron chi connectivity index (χ4n) is 3.46. The molecule has 2 aromatic heterocycles. The number of amides is 1. The van der Waals surface area contributed by atoms with Gasteiger partial charge < -0.3 is 14.5 Å². The van der Waals surface area contributed by atoms with E-state index in [1.807, 2.05) is 43.3 Å². The SMILES string of the molecule is Cc1ccc(-c2nn(-c3ccccc3)cc2C=CC(=O)OCC(=O)Nc2cccc(S(=O)(=O)N(C)C)c2)o1. The molecule has 10 nitrogen and oxygen atoms in total. The van der Waals surface area contributed by atoms with Gasteiger partial charge in [0, 0.05) is 37.6 Å². The normalized spacial score (nSPS) is 11.7. The molecule has 38 heavy (non-hydrogen) atoms. The number of aromatic nitrogens is 2. The molecule has 0 aliphatic rings. The summed E-state index contributed by atoms with van der Waals surface area (Å²) < 4.78 is 38.1. The number of carbonyl (C=O) groups is 2. The first-order valence-electron chi connectivity index (χ1n) is 11.5. The lowest BCUT2D eigenvalue weighted by molar-refractivity contribution is -0.142. The number of benzene rings is 2. The lowest BCUT2D eigenvalue weighted by Gasteiger charge is -2.12. The van der Waals surface area contributed by atoms with Crippen LogP contribution in [0.3, 0.4) is 0 Å². The molecular formula is C27H26N4O6S. The van der Waals surface area contributed by atoms with Crippen LogP contribution in [0.5, 0.6) is 0 Å². The second-order valence-corrected chi connectivity index (χ2v) is 10.6. The van der Waals surface area contributed by atoms with E-state index in [1.165, 1.54) is 50.5 Å². The van der Waals surface area contributed by atoms with E-state index in [-0.39, 0.29) is 10.6 Å². The van der Waals surface area contributed by atoms with Gasteiger partial charge >= 0.3 is 5.97 Å². The highest BCUT2D eigenvalue weighted by molar-refractivity contribution is 7.89.